The van der Waals surface area contributed by atoms with Gasteiger partial charge in [-0.15, -0.1) is 0 Å². The highest BCUT2D eigenvalue weighted by molar-refractivity contribution is 5.94. The van der Waals surface area contributed by atoms with Crippen LogP contribution in [-0.4, -0.2) is 65.5 Å². The minimum atomic E-state index is -0.408. The molecule has 8 heteroatoms. The molecule has 1 aromatic rings. The van der Waals surface area contributed by atoms with Crippen LogP contribution in [-0.2, 0) is 9.53 Å². The molecule has 3 rings (SSSR count). The summed E-state index contributed by atoms with van der Waals surface area (Å²) >= 11 is 0. The fourth-order valence-electron chi connectivity index (χ4n) is 3.40. The number of carbonyl (C=O) groups is 3. The van der Waals surface area contributed by atoms with Crippen molar-refractivity contribution in [1.82, 2.24) is 15.1 Å². The second-order valence-electron chi connectivity index (χ2n) is 7.01. The zero-order valence-electron chi connectivity index (χ0n) is 14.5. The van der Waals surface area contributed by atoms with E-state index >= 15 is 0 Å². The fraction of sp³-hybridized carbons (Fsp3) is 0.588. The van der Waals surface area contributed by atoms with E-state index in [2.05, 4.69) is 5.32 Å². The highest BCUT2D eigenvalue weighted by Crippen LogP contribution is 2.30. The molecule has 0 radical (unpaired) electrons. The van der Waals surface area contributed by atoms with Crippen LogP contribution in [0.2, 0.25) is 0 Å². The first-order chi connectivity index (χ1) is 11.9. The van der Waals surface area contributed by atoms with Gasteiger partial charge in [-0.05, 0) is 38.8 Å². The SMILES string of the molecule is CC1(C)COC(=O)N1C1CCN(C(=O)CNC(=O)c2ccco2)CC1. The number of rotatable bonds is 4. The van der Waals surface area contributed by atoms with Crippen LogP contribution in [0.15, 0.2) is 22.8 Å². The average molecular weight is 349 g/mol. The monoisotopic (exact) mass is 349 g/mol. The van der Waals surface area contributed by atoms with Crippen molar-refractivity contribution in [2.75, 3.05) is 26.2 Å². The summed E-state index contributed by atoms with van der Waals surface area (Å²) in [7, 11) is 0. The van der Waals surface area contributed by atoms with Crippen molar-refractivity contribution in [1.29, 1.82) is 0 Å². The van der Waals surface area contributed by atoms with Crippen LogP contribution < -0.4 is 5.32 Å². The molecule has 0 bridgehead atoms. The molecule has 25 heavy (non-hydrogen) atoms. The highest BCUT2D eigenvalue weighted by atomic mass is 16.6. The van der Waals surface area contributed by atoms with Gasteiger partial charge in [-0.3, -0.25) is 14.5 Å². The van der Waals surface area contributed by atoms with Crippen LogP contribution in [0.1, 0.15) is 37.2 Å². The molecular weight excluding hydrogens is 326 g/mol. The van der Waals surface area contributed by atoms with Gasteiger partial charge in [-0.1, -0.05) is 0 Å². The van der Waals surface area contributed by atoms with Crippen molar-refractivity contribution >= 4 is 17.9 Å². The fourth-order valence-corrected chi connectivity index (χ4v) is 3.40. The van der Waals surface area contributed by atoms with Gasteiger partial charge in [0.1, 0.15) is 6.61 Å². The van der Waals surface area contributed by atoms with E-state index in [1.807, 2.05) is 13.8 Å². The molecule has 0 aromatic carbocycles. The zero-order valence-corrected chi connectivity index (χ0v) is 14.5. The number of ether oxygens (including phenoxy) is 1. The lowest BCUT2D eigenvalue weighted by molar-refractivity contribution is -0.131. The Kier molecular flexibility index (Phi) is 4.69. The second kappa shape index (κ2) is 6.78. The summed E-state index contributed by atoms with van der Waals surface area (Å²) in [4.78, 5) is 39.5. The van der Waals surface area contributed by atoms with Gasteiger partial charge in [-0.2, -0.15) is 0 Å². The minimum absolute atomic E-state index is 0.0680. The molecule has 2 saturated heterocycles. The van der Waals surface area contributed by atoms with Crippen LogP contribution in [0, 0.1) is 0 Å². The number of carbonyl (C=O) groups excluding carboxylic acids is 3. The maximum atomic E-state index is 12.3. The van der Waals surface area contributed by atoms with Gasteiger partial charge in [0.2, 0.25) is 5.91 Å². The molecule has 3 heterocycles. The summed E-state index contributed by atoms with van der Waals surface area (Å²) in [5.74, 6) is -0.363. The van der Waals surface area contributed by atoms with E-state index < -0.39 is 5.91 Å². The molecule has 0 unspecified atom stereocenters. The molecule has 2 aliphatic heterocycles. The first-order valence-corrected chi connectivity index (χ1v) is 8.44. The molecule has 136 valence electrons. The van der Waals surface area contributed by atoms with Crippen molar-refractivity contribution < 1.29 is 23.5 Å². The maximum absolute atomic E-state index is 12.3. The molecular formula is C17H23N3O5. The third-order valence-electron chi connectivity index (χ3n) is 4.73. The van der Waals surface area contributed by atoms with Gasteiger partial charge in [0.25, 0.3) is 5.91 Å². The van der Waals surface area contributed by atoms with E-state index in [0.717, 1.165) is 0 Å². The molecule has 3 amide bonds. The third kappa shape index (κ3) is 3.62. The molecule has 0 spiro atoms. The number of furan rings is 1. The Morgan fingerprint density at radius 3 is 2.60 bits per heavy atom. The van der Waals surface area contributed by atoms with Crippen molar-refractivity contribution in [2.45, 2.75) is 38.3 Å². The number of cyclic esters (lactones) is 1. The molecule has 1 aromatic heterocycles. The second-order valence-corrected chi connectivity index (χ2v) is 7.01. The molecule has 0 atom stereocenters. The molecule has 2 fully saturated rings. The lowest BCUT2D eigenvalue weighted by Gasteiger charge is -2.40. The normalized spacial score (nSPS) is 20.5. The number of likely N-dealkylation sites (tertiary alicyclic amines) is 1. The highest BCUT2D eigenvalue weighted by Gasteiger charge is 2.44. The van der Waals surface area contributed by atoms with E-state index in [0.29, 0.717) is 32.5 Å². The van der Waals surface area contributed by atoms with Gasteiger partial charge >= 0.3 is 6.09 Å². The molecule has 2 aliphatic rings. The van der Waals surface area contributed by atoms with Crippen LogP contribution in [0.4, 0.5) is 4.79 Å². The summed E-state index contributed by atoms with van der Waals surface area (Å²) in [6.07, 6.45) is 2.54. The number of hydrogen-bond acceptors (Lipinski definition) is 5. The van der Waals surface area contributed by atoms with Gasteiger partial charge in [0.05, 0.1) is 18.3 Å². The van der Waals surface area contributed by atoms with Gasteiger partial charge < -0.3 is 19.4 Å². The predicted octanol–water partition coefficient (Wildman–Crippen LogP) is 1.23. The zero-order chi connectivity index (χ0) is 18.0. The lowest BCUT2D eigenvalue weighted by atomic mass is 9.97. The number of piperidine rings is 1. The Morgan fingerprint density at radius 1 is 1.32 bits per heavy atom. The van der Waals surface area contributed by atoms with Crippen molar-refractivity contribution in [3.63, 3.8) is 0 Å². The van der Waals surface area contributed by atoms with Crippen molar-refractivity contribution in [2.24, 2.45) is 0 Å². The Balaban J connectivity index is 1.48. The molecule has 0 saturated carbocycles. The first-order valence-electron chi connectivity index (χ1n) is 8.44. The number of nitrogens with zero attached hydrogens (tertiary/aromatic N) is 2. The predicted molar refractivity (Wildman–Crippen MR) is 87.9 cm³/mol. The average Bonchev–Trinajstić information content (AvgIpc) is 3.21. The van der Waals surface area contributed by atoms with E-state index in [1.54, 1.807) is 21.9 Å². The molecule has 1 N–H and O–H groups in total. The van der Waals surface area contributed by atoms with Crippen molar-refractivity contribution in [3.8, 4) is 0 Å². The lowest BCUT2D eigenvalue weighted by Crippen LogP contribution is -2.54. The standard InChI is InChI=1S/C17H23N3O5/c1-17(2)11-25-16(23)20(17)12-5-7-19(8-6-12)14(21)10-18-15(22)13-4-3-9-24-13/h3-4,9,12H,5-8,10-11H2,1-2H3,(H,18,22). The van der Waals surface area contributed by atoms with E-state index in [1.165, 1.54) is 6.26 Å². The number of nitrogens with one attached hydrogen (secondary N) is 1. The van der Waals surface area contributed by atoms with Crippen LogP contribution in [0.5, 0.6) is 0 Å². The quantitative estimate of drug-likeness (QED) is 0.883. The topological polar surface area (TPSA) is 92.1 Å². The smallest absolute Gasteiger partial charge is 0.410 e. The third-order valence-corrected chi connectivity index (χ3v) is 4.73. The largest absolute Gasteiger partial charge is 0.459 e. The Morgan fingerprint density at radius 2 is 2.04 bits per heavy atom. The van der Waals surface area contributed by atoms with E-state index in [-0.39, 0.29) is 35.9 Å². The summed E-state index contributed by atoms with van der Waals surface area (Å²) in [5, 5.41) is 2.56. The summed E-state index contributed by atoms with van der Waals surface area (Å²) < 4.78 is 10.1. The number of amides is 3. The summed E-state index contributed by atoms with van der Waals surface area (Å²) in [6, 6.07) is 3.24. The van der Waals surface area contributed by atoms with Gasteiger partial charge in [-0.25, -0.2) is 4.79 Å². The summed E-state index contributed by atoms with van der Waals surface area (Å²) in [5.41, 5.74) is -0.315. The van der Waals surface area contributed by atoms with Crippen LogP contribution in [0.25, 0.3) is 0 Å². The molecule has 0 aliphatic carbocycles. The Bertz CT molecular complexity index is 647. The summed E-state index contributed by atoms with van der Waals surface area (Å²) in [6.45, 7) is 5.41. The van der Waals surface area contributed by atoms with E-state index in [9.17, 15) is 14.4 Å². The number of hydrogen-bond donors (Lipinski definition) is 1. The maximum Gasteiger partial charge on any atom is 0.410 e. The van der Waals surface area contributed by atoms with Crippen molar-refractivity contribution in [3.05, 3.63) is 24.2 Å². The minimum Gasteiger partial charge on any atom is -0.459 e. The Hall–Kier alpha value is -2.51. The molecule has 8 nitrogen and oxygen atoms in total. The van der Waals surface area contributed by atoms with E-state index in [4.69, 9.17) is 9.15 Å². The van der Waals surface area contributed by atoms with Gasteiger partial charge in [0, 0.05) is 19.1 Å². The van der Waals surface area contributed by atoms with Crippen LogP contribution >= 0.6 is 0 Å². The Labute approximate surface area is 146 Å². The van der Waals surface area contributed by atoms with Crippen LogP contribution in [0.3, 0.4) is 0 Å². The first kappa shape index (κ1) is 17.3. The van der Waals surface area contributed by atoms with Gasteiger partial charge in [0.15, 0.2) is 5.76 Å².